The molecule has 5 heteroatoms. The average Bonchev–Trinajstić information content (AvgIpc) is 2.96. The Morgan fingerprint density at radius 1 is 0.963 bits per heavy atom. The van der Waals surface area contributed by atoms with E-state index in [0.29, 0.717) is 0 Å². The Balaban J connectivity index is 1.83. The number of hydrazone groups is 1. The SMILES string of the molecule is CN1N=C(C(=O)O)C(=Cc2ccc3ccc4cccc5ccc2c3c45)C1=O. The molecule has 4 aromatic carbocycles. The first-order valence-corrected chi connectivity index (χ1v) is 8.53. The van der Waals surface area contributed by atoms with Crippen molar-refractivity contribution in [3.63, 3.8) is 0 Å². The normalized spacial score (nSPS) is 16.2. The van der Waals surface area contributed by atoms with Crippen molar-refractivity contribution in [1.82, 2.24) is 5.01 Å². The lowest BCUT2D eigenvalue weighted by molar-refractivity contribution is -0.129. The van der Waals surface area contributed by atoms with Crippen LogP contribution in [0.1, 0.15) is 5.56 Å². The van der Waals surface area contributed by atoms with Crippen LogP contribution < -0.4 is 0 Å². The number of hydrogen-bond donors (Lipinski definition) is 1. The molecule has 0 aliphatic carbocycles. The number of aliphatic carboxylic acids is 1. The van der Waals surface area contributed by atoms with Crippen molar-refractivity contribution in [3.05, 3.63) is 65.7 Å². The van der Waals surface area contributed by atoms with Gasteiger partial charge in [0, 0.05) is 7.05 Å². The molecule has 1 heterocycles. The van der Waals surface area contributed by atoms with Gasteiger partial charge in [-0.1, -0.05) is 54.6 Å². The highest BCUT2D eigenvalue weighted by Crippen LogP contribution is 2.36. The number of carbonyl (C=O) groups is 2. The van der Waals surface area contributed by atoms with Crippen LogP contribution in [0.15, 0.2) is 65.3 Å². The van der Waals surface area contributed by atoms with E-state index >= 15 is 0 Å². The van der Waals surface area contributed by atoms with Gasteiger partial charge in [-0.15, -0.1) is 0 Å². The lowest BCUT2D eigenvalue weighted by atomic mass is 9.91. The first-order chi connectivity index (χ1) is 13.0. The lowest BCUT2D eigenvalue weighted by Gasteiger charge is -2.12. The molecule has 0 saturated carbocycles. The standard InChI is InChI=1S/C22H14N2O3/c1-24-21(25)17(20(23-24)22(26)27)11-15-8-7-14-6-5-12-3-2-4-13-9-10-16(15)19(14)18(12)13/h2-11H,1H3,(H,26,27). The summed E-state index contributed by atoms with van der Waals surface area (Å²) in [6, 6.07) is 18.4. The molecule has 1 aliphatic heterocycles. The molecule has 1 N–H and O–H groups in total. The van der Waals surface area contributed by atoms with E-state index in [1.54, 1.807) is 6.08 Å². The van der Waals surface area contributed by atoms with Crippen molar-refractivity contribution >= 4 is 56.0 Å². The zero-order valence-corrected chi connectivity index (χ0v) is 14.4. The number of carbonyl (C=O) groups excluding carboxylic acids is 1. The van der Waals surface area contributed by atoms with Gasteiger partial charge in [0.15, 0.2) is 5.71 Å². The molecule has 0 spiro atoms. The van der Waals surface area contributed by atoms with Gasteiger partial charge in [-0.2, -0.15) is 5.10 Å². The Morgan fingerprint density at radius 2 is 1.59 bits per heavy atom. The third-order valence-corrected chi connectivity index (χ3v) is 5.09. The van der Waals surface area contributed by atoms with Crippen molar-refractivity contribution in [1.29, 1.82) is 0 Å². The molecule has 0 unspecified atom stereocenters. The summed E-state index contributed by atoms with van der Waals surface area (Å²) in [7, 11) is 1.45. The van der Waals surface area contributed by atoms with Gasteiger partial charge in [-0.3, -0.25) is 4.79 Å². The van der Waals surface area contributed by atoms with Gasteiger partial charge in [0.2, 0.25) is 0 Å². The van der Waals surface area contributed by atoms with Gasteiger partial charge in [0.25, 0.3) is 5.91 Å². The predicted octanol–water partition coefficient (Wildman–Crippen LogP) is 3.88. The maximum absolute atomic E-state index is 12.4. The quantitative estimate of drug-likeness (QED) is 0.439. The Morgan fingerprint density at radius 3 is 2.30 bits per heavy atom. The minimum Gasteiger partial charge on any atom is -0.476 e. The summed E-state index contributed by atoms with van der Waals surface area (Å²) in [6.07, 6.45) is 1.63. The summed E-state index contributed by atoms with van der Waals surface area (Å²) in [5, 5.41) is 21.0. The molecule has 0 fully saturated rings. The van der Waals surface area contributed by atoms with E-state index in [-0.39, 0.29) is 11.3 Å². The number of rotatable bonds is 2. The first kappa shape index (κ1) is 15.5. The smallest absolute Gasteiger partial charge is 0.357 e. The minimum atomic E-state index is -1.21. The molecular weight excluding hydrogens is 340 g/mol. The average molecular weight is 354 g/mol. The Labute approximate surface area is 154 Å². The van der Waals surface area contributed by atoms with Crippen LogP contribution >= 0.6 is 0 Å². The topological polar surface area (TPSA) is 70.0 Å². The zero-order valence-electron chi connectivity index (χ0n) is 14.4. The highest BCUT2D eigenvalue weighted by Gasteiger charge is 2.32. The van der Waals surface area contributed by atoms with Crippen LogP contribution in [-0.4, -0.2) is 34.8 Å². The predicted molar refractivity (Wildman–Crippen MR) is 106 cm³/mol. The van der Waals surface area contributed by atoms with E-state index in [2.05, 4.69) is 35.4 Å². The zero-order chi connectivity index (χ0) is 18.7. The van der Waals surface area contributed by atoms with Crippen molar-refractivity contribution in [2.24, 2.45) is 5.10 Å². The monoisotopic (exact) mass is 354 g/mol. The summed E-state index contributed by atoms with van der Waals surface area (Å²) in [6.45, 7) is 0. The molecule has 0 aromatic heterocycles. The van der Waals surface area contributed by atoms with Gasteiger partial charge in [-0.05, 0) is 44.0 Å². The second kappa shape index (κ2) is 5.38. The second-order valence-corrected chi connectivity index (χ2v) is 6.65. The first-order valence-electron chi connectivity index (χ1n) is 8.53. The minimum absolute atomic E-state index is 0.0973. The fourth-order valence-electron chi connectivity index (χ4n) is 3.85. The molecule has 4 aromatic rings. The number of nitrogens with zero attached hydrogens (tertiary/aromatic N) is 2. The maximum atomic E-state index is 12.4. The van der Waals surface area contributed by atoms with Crippen molar-refractivity contribution in [2.75, 3.05) is 7.05 Å². The molecule has 27 heavy (non-hydrogen) atoms. The molecule has 1 amide bonds. The molecule has 0 saturated heterocycles. The molecule has 5 nitrogen and oxygen atoms in total. The summed E-state index contributed by atoms with van der Waals surface area (Å²) in [5.41, 5.74) is 0.668. The van der Waals surface area contributed by atoms with Crippen LogP contribution in [-0.2, 0) is 9.59 Å². The van der Waals surface area contributed by atoms with Gasteiger partial charge in [0.05, 0.1) is 5.57 Å². The summed E-state index contributed by atoms with van der Waals surface area (Å²) in [4.78, 5) is 23.9. The number of benzene rings is 4. The fraction of sp³-hybridized carbons (Fsp3) is 0.0455. The number of likely N-dealkylation sites (N-methyl/N-ethyl adjacent to an activating group) is 1. The van der Waals surface area contributed by atoms with Crippen LogP contribution in [0, 0.1) is 0 Å². The van der Waals surface area contributed by atoms with Crippen molar-refractivity contribution < 1.29 is 14.7 Å². The third kappa shape index (κ3) is 2.15. The molecular formula is C22H14N2O3. The number of carboxylic acid groups (broad SMARTS) is 1. The molecule has 0 radical (unpaired) electrons. The van der Waals surface area contributed by atoms with E-state index < -0.39 is 11.9 Å². The number of amides is 1. The maximum Gasteiger partial charge on any atom is 0.357 e. The van der Waals surface area contributed by atoms with Gasteiger partial charge >= 0.3 is 5.97 Å². The fourth-order valence-corrected chi connectivity index (χ4v) is 3.85. The van der Waals surface area contributed by atoms with Crippen LogP contribution in [0.3, 0.4) is 0 Å². The van der Waals surface area contributed by atoms with Crippen LogP contribution in [0.5, 0.6) is 0 Å². The van der Waals surface area contributed by atoms with Crippen LogP contribution in [0.2, 0.25) is 0 Å². The lowest BCUT2D eigenvalue weighted by Crippen LogP contribution is -2.19. The molecule has 0 atom stereocenters. The van der Waals surface area contributed by atoms with Crippen LogP contribution in [0.4, 0.5) is 0 Å². The van der Waals surface area contributed by atoms with Crippen molar-refractivity contribution in [2.45, 2.75) is 0 Å². The highest BCUT2D eigenvalue weighted by molar-refractivity contribution is 6.51. The van der Waals surface area contributed by atoms with E-state index in [9.17, 15) is 14.7 Å². The summed E-state index contributed by atoms with van der Waals surface area (Å²) in [5.74, 6) is -1.63. The summed E-state index contributed by atoms with van der Waals surface area (Å²) >= 11 is 0. The summed E-state index contributed by atoms with van der Waals surface area (Å²) < 4.78 is 0. The molecule has 0 bridgehead atoms. The Bertz CT molecular complexity index is 1320. The third-order valence-electron chi connectivity index (χ3n) is 5.09. The second-order valence-electron chi connectivity index (χ2n) is 6.65. The number of hydrogen-bond acceptors (Lipinski definition) is 3. The molecule has 130 valence electrons. The highest BCUT2D eigenvalue weighted by atomic mass is 16.4. The van der Waals surface area contributed by atoms with Gasteiger partial charge in [0.1, 0.15) is 0 Å². The Kier molecular flexibility index (Phi) is 3.09. The molecule has 1 aliphatic rings. The van der Waals surface area contributed by atoms with E-state index in [1.807, 2.05) is 24.3 Å². The van der Waals surface area contributed by atoms with Crippen molar-refractivity contribution in [3.8, 4) is 0 Å². The largest absolute Gasteiger partial charge is 0.476 e. The number of carboxylic acids is 1. The van der Waals surface area contributed by atoms with Gasteiger partial charge in [-0.25, -0.2) is 9.80 Å². The van der Waals surface area contributed by atoms with E-state index in [1.165, 1.54) is 12.4 Å². The van der Waals surface area contributed by atoms with Gasteiger partial charge < -0.3 is 5.11 Å². The van der Waals surface area contributed by atoms with E-state index in [4.69, 9.17) is 0 Å². The van der Waals surface area contributed by atoms with E-state index in [0.717, 1.165) is 37.5 Å². The van der Waals surface area contributed by atoms with Crippen LogP contribution in [0.25, 0.3) is 38.4 Å². The Hall–Kier alpha value is -3.73. The molecule has 5 rings (SSSR count).